The van der Waals surface area contributed by atoms with Gasteiger partial charge in [-0.05, 0) is 24.3 Å². The summed E-state index contributed by atoms with van der Waals surface area (Å²) in [6, 6.07) is 9.66. The second-order valence-electron chi connectivity index (χ2n) is 4.35. The van der Waals surface area contributed by atoms with Crippen molar-refractivity contribution in [2.45, 2.75) is 0 Å². The summed E-state index contributed by atoms with van der Waals surface area (Å²) in [6.45, 7) is 0. The average molecular weight is 318 g/mol. The van der Waals surface area contributed by atoms with Crippen molar-refractivity contribution >= 4 is 39.8 Å². The number of halogens is 1. The highest BCUT2D eigenvalue weighted by molar-refractivity contribution is 6.30. The van der Waals surface area contributed by atoms with Crippen molar-refractivity contribution in [3.63, 3.8) is 0 Å². The van der Waals surface area contributed by atoms with Crippen molar-refractivity contribution in [1.82, 2.24) is 4.98 Å². The van der Waals surface area contributed by atoms with Crippen LogP contribution in [0.5, 0.6) is 0 Å². The van der Waals surface area contributed by atoms with Crippen molar-refractivity contribution in [3.8, 4) is 0 Å². The van der Waals surface area contributed by atoms with Gasteiger partial charge in [0.1, 0.15) is 17.1 Å². The Labute approximate surface area is 128 Å². The van der Waals surface area contributed by atoms with Gasteiger partial charge in [-0.15, -0.1) is 0 Å². The molecule has 7 nitrogen and oxygen atoms in total. The van der Waals surface area contributed by atoms with Gasteiger partial charge in [-0.3, -0.25) is 10.1 Å². The van der Waals surface area contributed by atoms with Crippen LogP contribution in [0.15, 0.2) is 51.8 Å². The zero-order valence-electron chi connectivity index (χ0n) is 10.9. The number of rotatable bonds is 3. The van der Waals surface area contributed by atoms with Gasteiger partial charge < -0.3 is 9.73 Å². The number of fused-ring (bicyclic) bond motifs is 1. The zero-order chi connectivity index (χ0) is 15.7. The lowest BCUT2D eigenvalue weighted by Crippen LogP contribution is -2.10. The smallest absolute Gasteiger partial charge is 0.417 e. The number of nitrogens with zero attached hydrogens (tertiary/aromatic N) is 2. The minimum absolute atomic E-state index is 0.0340. The van der Waals surface area contributed by atoms with Crippen LogP contribution in [0.4, 0.5) is 17.2 Å². The van der Waals surface area contributed by atoms with Gasteiger partial charge in [0, 0.05) is 11.6 Å². The molecule has 0 saturated heterocycles. The quantitative estimate of drug-likeness (QED) is 0.451. The normalized spacial score (nSPS) is 10.6. The standard InChI is InChI=1S/C14H8ClN3O4/c15-8-5-6-11(16-7-8)17-12-9-3-1-2-4-10(9)22-14(19)13(12)18(20)21/h1-7H,(H,16,17). The van der Waals surface area contributed by atoms with Gasteiger partial charge in [-0.1, -0.05) is 23.7 Å². The molecule has 0 atom stereocenters. The van der Waals surface area contributed by atoms with E-state index < -0.39 is 16.2 Å². The number of aromatic nitrogens is 1. The average Bonchev–Trinajstić information content (AvgIpc) is 2.49. The third-order valence-corrected chi connectivity index (χ3v) is 3.18. The predicted octanol–water partition coefficient (Wildman–Crippen LogP) is 3.49. The molecular weight excluding hydrogens is 310 g/mol. The lowest BCUT2D eigenvalue weighted by atomic mass is 10.2. The fourth-order valence-corrected chi connectivity index (χ4v) is 2.12. The molecule has 0 bridgehead atoms. The van der Waals surface area contributed by atoms with Gasteiger partial charge in [-0.25, -0.2) is 9.78 Å². The van der Waals surface area contributed by atoms with Crippen LogP contribution >= 0.6 is 11.6 Å². The number of pyridine rings is 1. The summed E-state index contributed by atoms with van der Waals surface area (Å²) in [4.78, 5) is 26.3. The van der Waals surface area contributed by atoms with Crippen LogP contribution in [0.2, 0.25) is 5.02 Å². The Bertz CT molecular complexity index is 922. The highest BCUT2D eigenvalue weighted by Crippen LogP contribution is 2.32. The lowest BCUT2D eigenvalue weighted by molar-refractivity contribution is -0.386. The van der Waals surface area contributed by atoms with E-state index in [0.717, 1.165) is 0 Å². The Morgan fingerprint density at radius 1 is 1.23 bits per heavy atom. The molecule has 8 heteroatoms. The van der Waals surface area contributed by atoms with E-state index in [1.165, 1.54) is 6.20 Å². The van der Waals surface area contributed by atoms with Crippen LogP contribution < -0.4 is 10.9 Å². The van der Waals surface area contributed by atoms with E-state index >= 15 is 0 Å². The third-order valence-electron chi connectivity index (χ3n) is 2.95. The summed E-state index contributed by atoms with van der Waals surface area (Å²) in [5.41, 5.74) is -1.42. The van der Waals surface area contributed by atoms with Crippen LogP contribution in [-0.2, 0) is 0 Å². The van der Waals surface area contributed by atoms with Crippen LogP contribution in [0.25, 0.3) is 11.0 Å². The third kappa shape index (κ3) is 2.49. The molecule has 0 aliphatic carbocycles. The molecule has 0 aliphatic rings. The Hall–Kier alpha value is -2.93. The van der Waals surface area contributed by atoms with E-state index in [1.54, 1.807) is 36.4 Å². The molecule has 2 aromatic heterocycles. The molecule has 0 spiro atoms. The van der Waals surface area contributed by atoms with E-state index in [-0.39, 0.29) is 11.3 Å². The zero-order valence-corrected chi connectivity index (χ0v) is 11.7. The number of hydrogen-bond acceptors (Lipinski definition) is 6. The van der Waals surface area contributed by atoms with Gasteiger partial charge in [0.25, 0.3) is 0 Å². The summed E-state index contributed by atoms with van der Waals surface area (Å²) in [7, 11) is 0. The summed E-state index contributed by atoms with van der Waals surface area (Å²) in [5.74, 6) is 0.322. The maximum Gasteiger partial charge on any atom is 0.417 e. The van der Waals surface area contributed by atoms with Gasteiger partial charge >= 0.3 is 11.3 Å². The Morgan fingerprint density at radius 3 is 2.68 bits per heavy atom. The van der Waals surface area contributed by atoms with Gasteiger partial charge in [0.15, 0.2) is 0 Å². The molecule has 22 heavy (non-hydrogen) atoms. The molecule has 1 aromatic carbocycles. The second kappa shape index (κ2) is 5.45. The lowest BCUT2D eigenvalue weighted by Gasteiger charge is -2.08. The minimum Gasteiger partial charge on any atom is -0.418 e. The van der Waals surface area contributed by atoms with Crippen LogP contribution in [0, 0.1) is 10.1 Å². The molecule has 0 aliphatic heterocycles. The minimum atomic E-state index is -1.03. The molecule has 1 N–H and O–H groups in total. The van der Waals surface area contributed by atoms with Crippen LogP contribution in [0.1, 0.15) is 0 Å². The van der Waals surface area contributed by atoms with E-state index in [4.69, 9.17) is 16.0 Å². The summed E-state index contributed by atoms with van der Waals surface area (Å²) in [5, 5.41) is 14.8. The molecular formula is C14H8ClN3O4. The fourth-order valence-electron chi connectivity index (χ4n) is 2.01. The number of benzene rings is 1. The maximum absolute atomic E-state index is 11.8. The highest BCUT2D eigenvalue weighted by Gasteiger charge is 2.24. The predicted molar refractivity (Wildman–Crippen MR) is 81.7 cm³/mol. The topological polar surface area (TPSA) is 98.3 Å². The number of anilines is 2. The Kier molecular flexibility index (Phi) is 3.48. The molecule has 3 rings (SSSR count). The van der Waals surface area contributed by atoms with Crippen molar-refractivity contribution < 1.29 is 9.34 Å². The van der Waals surface area contributed by atoms with Crippen LogP contribution in [0.3, 0.4) is 0 Å². The van der Waals surface area contributed by atoms with E-state index in [2.05, 4.69) is 10.3 Å². The number of nitro groups is 1. The molecule has 0 amide bonds. The fraction of sp³-hybridized carbons (Fsp3) is 0. The van der Waals surface area contributed by atoms with E-state index in [0.29, 0.717) is 16.2 Å². The number of hydrogen-bond donors (Lipinski definition) is 1. The first-order chi connectivity index (χ1) is 10.6. The molecule has 0 fully saturated rings. The van der Waals surface area contributed by atoms with Crippen molar-refractivity contribution in [3.05, 3.63) is 68.2 Å². The van der Waals surface area contributed by atoms with Gasteiger partial charge in [-0.2, -0.15) is 0 Å². The summed E-state index contributed by atoms with van der Waals surface area (Å²) >= 11 is 5.75. The SMILES string of the molecule is O=c1oc2ccccc2c(Nc2ccc(Cl)cn2)c1[N+](=O)[O-]. The monoisotopic (exact) mass is 317 g/mol. The molecule has 0 unspecified atom stereocenters. The first-order valence-electron chi connectivity index (χ1n) is 6.15. The van der Waals surface area contributed by atoms with Gasteiger partial charge in [0.2, 0.25) is 0 Å². The van der Waals surface area contributed by atoms with Crippen LogP contribution in [-0.4, -0.2) is 9.91 Å². The van der Waals surface area contributed by atoms with Crippen molar-refractivity contribution in [2.24, 2.45) is 0 Å². The molecule has 3 aromatic rings. The van der Waals surface area contributed by atoms with E-state index in [1.807, 2.05) is 0 Å². The number of nitrogens with one attached hydrogen (secondary N) is 1. The molecule has 2 heterocycles. The highest BCUT2D eigenvalue weighted by atomic mass is 35.5. The Balaban J connectivity index is 2.25. The molecule has 0 saturated carbocycles. The van der Waals surface area contributed by atoms with E-state index in [9.17, 15) is 14.9 Å². The second-order valence-corrected chi connectivity index (χ2v) is 4.79. The largest absolute Gasteiger partial charge is 0.418 e. The Morgan fingerprint density at radius 2 is 2.00 bits per heavy atom. The van der Waals surface area contributed by atoms with Gasteiger partial charge in [0.05, 0.1) is 9.95 Å². The summed E-state index contributed by atoms with van der Waals surface area (Å²) < 4.78 is 4.97. The first-order valence-corrected chi connectivity index (χ1v) is 6.53. The molecule has 110 valence electrons. The summed E-state index contributed by atoms with van der Waals surface area (Å²) in [6.07, 6.45) is 1.39. The molecule has 0 radical (unpaired) electrons. The number of para-hydroxylation sites is 1. The van der Waals surface area contributed by atoms with Crippen molar-refractivity contribution in [1.29, 1.82) is 0 Å². The first kappa shape index (κ1) is 14.0. The maximum atomic E-state index is 11.8. The van der Waals surface area contributed by atoms with Crippen molar-refractivity contribution in [2.75, 3.05) is 5.32 Å².